The van der Waals surface area contributed by atoms with Crippen molar-refractivity contribution in [3.63, 3.8) is 0 Å². The molecule has 0 bridgehead atoms. The molecule has 8 nitrogen and oxygen atoms in total. The van der Waals surface area contributed by atoms with Crippen LogP contribution in [0.5, 0.6) is 11.5 Å². The van der Waals surface area contributed by atoms with Crippen LogP contribution in [0, 0.1) is 15.5 Å². The molecule has 10 heteroatoms. The van der Waals surface area contributed by atoms with Gasteiger partial charge in [0.25, 0.3) is 19.9 Å². The molecular formula is C32H54N2O6Si2. The molecule has 1 spiro atoms. The van der Waals surface area contributed by atoms with Crippen LogP contribution >= 0.6 is 0 Å². The quantitative estimate of drug-likeness (QED) is 0.132. The van der Waals surface area contributed by atoms with Gasteiger partial charge >= 0.3 is 0 Å². The zero-order valence-electron chi connectivity index (χ0n) is 27.8. The second-order valence-electron chi connectivity index (χ2n) is 15.7. The molecule has 1 saturated heterocycles. The topological polar surface area (TPSA) is 91.1 Å². The van der Waals surface area contributed by atoms with Crippen LogP contribution in [0.2, 0.25) is 34.8 Å². The minimum Gasteiger partial charge on any atom is -0.540 e. The molecule has 0 N–H and O–H groups in total. The first-order valence-corrected chi connectivity index (χ1v) is 21.0. The van der Waals surface area contributed by atoms with Crippen molar-refractivity contribution < 1.29 is 23.3 Å². The van der Waals surface area contributed by atoms with Gasteiger partial charge in [-0.2, -0.15) is 0 Å². The van der Waals surface area contributed by atoms with E-state index < -0.39 is 21.6 Å². The minimum absolute atomic E-state index is 0.0530. The normalized spacial score (nSPS) is 20.6. The summed E-state index contributed by atoms with van der Waals surface area (Å²) in [6.07, 6.45) is 4.98. The van der Waals surface area contributed by atoms with Gasteiger partial charge < -0.3 is 18.5 Å². The highest BCUT2D eigenvalue weighted by atomic mass is 28.4. The van der Waals surface area contributed by atoms with Gasteiger partial charge in [-0.3, -0.25) is 14.9 Å². The van der Waals surface area contributed by atoms with E-state index in [2.05, 4.69) is 75.4 Å². The third-order valence-corrected chi connectivity index (χ3v) is 21.1. The first-order valence-electron chi connectivity index (χ1n) is 16.0. The number of hydrogen-bond acceptors (Lipinski definition) is 6. The molecule has 42 heavy (non-hydrogen) atoms. The fraction of sp³-hybridized carbons (Fsp3) is 0.781. The van der Waals surface area contributed by atoms with Crippen molar-refractivity contribution in [2.24, 2.45) is 5.41 Å². The zero-order valence-corrected chi connectivity index (χ0v) is 29.8. The van der Waals surface area contributed by atoms with Gasteiger partial charge in [-0.15, -0.1) is 0 Å². The number of likely N-dealkylation sites (tertiary alicyclic amines) is 1. The summed E-state index contributed by atoms with van der Waals surface area (Å²) in [6.45, 7) is 25.3. The maximum atomic E-state index is 14.3. The number of ether oxygens (including phenoxy) is 1. The Labute approximate surface area is 255 Å². The summed E-state index contributed by atoms with van der Waals surface area (Å²) >= 11 is 0. The van der Waals surface area contributed by atoms with E-state index in [0.717, 1.165) is 32.1 Å². The van der Waals surface area contributed by atoms with Crippen molar-refractivity contribution in [1.29, 1.82) is 0 Å². The van der Waals surface area contributed by atoms with Crippen LogP contribution in [0.4, 0.5) is 5.69 Å². The number of benzene rings is 1. The van der Waals surface area contributed by atoms with Crippen molar-refractivity contribution in [2.45, 2.75) is 141 Å². The van der Waals surface area contributed by atoms with E-state index in [1.165, 1.54) is 6.07 Å². The minimum atomic E-state index is -2.43. The van der Waals surface area contributed by atoms with Crippen LogP contribution in [0.3, 0.4) is 0 Å². The smallest absolute Gasteiger partial charge is 0.286 e. The third-order valence-electron chi connectivity index (χ3n) is 10.6. The van der Waals surface area contributed by atoms with Crippen LogP contribution in [0.15, 0.2) is 12.1 Å². The highest BCUT2D eigenvalue weighted by Gasteiger charge is 2.54. The average molecular weight is 619 g/mol. The fourth-order valence-corrected chi connectivity index (χ4v) is 13.0. The predicted octanol–water partition coefficient (Wildman–Crippen LogP) is 8.71. The number of hydrogen-bond donors (Lipinski definition) is 0. The summed E-state index contributed by atoms with van der Waals surface area (Å²) in [5.74, 6) is 0.562. The number of carbonyl (C=O) groups excluding carboxylic acids is 1. The Morgan fingerprint density at radius 3 is 2.07 bits per heavy atom. The lowest BCUT2D eigenvalue weighted by atomic mass is 10.0. The highest BCUT2D eigenvalue weighted by Crippen LogP contribution is 2.56. The molecule has 1 aromatic carbocycles. The van der Waals surface area contributed by atoms with Gasteiger partial charge in [0.15, 0.2) is 19.8 Å². The molecule has 2 saturated carbocycles. The molecule has 1 amide bonds. The summed E-state index contributed by atoms with van der Waals surface area (Å²) in [5, 5.41) is 12.6. The maximum absolute atomic E-state index is 14.3. The number of rotatable bonds is 12. The summed E-state index contributed by atoms with van der Waals surface area (Å²) < 4.78 is 19.9. The lowest BCUT2D eigenvalue weighted by Crippen LogP contribution is -2.50. The van der Waals surface area contributed by atoms with Gasteiger partial charge in [0, 0.05) is 12.6 Å². The third kappa shape index (κ3) is 6.45. The van der Waals surface area contributed by atoms with Crippen LogP contribution in [0.1, 0.15) is 105 Å². The van der Waals surface area contributed by atoms with Gasteiger partial charge in [0.1, 0.15) is 5.56 Å². The molecule has 0 unspecified atom stereocenters. The molecule has 1 atom stereocenters. The van der Waals surface area contributed by atoms with E-state index in [1.807, 2.05) is 4.90 Å². The van der Waals surface area contributed by atoms with Crippen LogP contribution in [-0.2, 0) is 4.43 Å². The monoisotopic (exact) mass is 618 g/mol. The van der Waals surface area contributed by atoms with Crippen LogP contribution < -0.4 is 9.16 Å². The molecule has 3 fully saturated rings. The number of nitrogens with zero attached hydrogens (tertiary/aromatic N) is 2. The van der Waals surface area contributed by atoms with Gasteiger partial charge in [-0.25, -0.2) is 0 Å². The Morgan fingerprint density at radius 1 is 1.05 bits per heavy atom. The van der Waals surface area contributed by atoms with E-state index in [-0.39, 0.29) is 56.4 Å². The largest absolute Gasteiger partial charge is 0.540 e. The molecule has 236 valence electrons. The molecular weight excluding hydrogens is 565 g/mol. The van der Waals surface area contributed by atoms with Crippen LogP contribution in [-0.4, -0.2) is 57.7 Å². The van der Waals surface area contributed by atoms with Crippen molar-refractivity contribution >= 4 is 28.2 Å². The van der Waals surface area contributed by atoms with Gasteiger partial charge in [0.2, 0.25) is 0 Å². The second-order valence-corrected chi connectivity index (χ2v) is 25.9. The summed E-state index contributed by atoms with van der Waals surface area (Å²) in [5.41, 5.74) is 0.856. The zero-order chi connectivity index (χ0) is 31.4. The Bertz CT molecular complexity index is 1160. The molecule has 1 heterocycles. The number of nitro benzene ring substituents is 1. The standard InChI is InChI=1S/C32H54N2O6Si2/c1-21(2)42(22(3)4,23(5)6)40-29-17-27(34(36)37)26(16-28(29)39-25-12-13-25)30(35)33-20-32(14-15-32)18-24(33)19-38-41(10,11)31(7,8)9/h16-17,21-25H,12-15,18-20H2,1-11H3/t24-/m0/s1. The van der Waals surface area contributed by atoms with Gasteiger partial charge in [-0.05, 0) is 72.3 Å². The second kappa shape index (κ2) is 11.5. The first kappa shape index (κ1) is 33.0. The summed E-state index contributed by atoms with van der Waals surface area (Å²) in [6, 6.07) is 2.99. The van der Waals surface area contributed by atoms with E-state index in [9.17, 15) is 14.9 Å². The molecule has 4 rings (SSSR count). The van der Waals surface area contributed by atoms with Crippen molar-refractivity contribution in [3.8, 4) is 11.5 Å². The average Bonchev–Trinajstić information content (AvgIpc) is 3.79. The highest BCUT2D eigenvalue weighted by molar-refractivity contribution is 6.78. The van der Waals surface area contributed by atoms with E-state index >= 15 is 0 Å². The van der Waals surface area contributed by atoms with Crippen molar-refractivity contribution in [2.75, 3.05) is 13.2 Å². The molecule has 1 aromatic rings. The summed E-state index contributed by atoms with van der Waals surface area (Å²) in [4.78, 5) is 28.2. The molecule has 3 aliphatic rings. The Hall–Kier alpha value is -1.92. The number of carbonyl (C=O) groups is 1. The number of nitro groups is 1. The Morgan fingerprint density at radius 2 is 1.62 bits per heavy atom. The summed E-state index contributed by atoms with van der Waals surface area (Å²) in [7, 11) is -4.46. The molecule has 0 radical (unpaired) electrons. The van der Waals surface area contributed by atoms with E-state index in [0.29, 0.717) is 24.7 Å². The van der Waals surface area contributed by atoms with E-state index in [1.54, 1.807) is 6.07 Å². The number of amides is 1. The first-order chi connectivity index (χ1) is 19.3. The lowest BCUT2D eigenvalue weighted by Gasteiger charge is -2.42. The van der Waals surface area contributed by atoms with Crippen LogP contribution in [0.25, 0.3) is 0 Å². The Kier molecular flexibility index (Phi) is 9.06. The lowest BCUT2D eigenvalue weighted by molar-refractivity contribution is -0.385. The van der Waals surface area contributed by atoms with Crippen molar-refractivity contribution in [3.05, 3.63) is 27.8 Å². The van der Waals surface area contributed by atoms with Gasteiger partial charge in [0.05, 0.1) is 29.7 Å². The van der Waals surface area contributed by atoms with Gasteiger partial charge in [-0.1, -0.05) is 62.3 Å². The van der Waals surface area contributed by atoms with E-state index in [4.69, 9.17) is 13.6 Å². The van der Waals surface area contributed by atoms with Crippen molar-refractivity contribution in [1.82, 2.24) is 4.90 Å². The fourth-order valence-electron chi connectivity index (χ4n) is 6.72. The molecule has 0 aromatic heterocycles. The maximum Gasteiger partial charge on any atom is 0.286 e. The Balaban J connectivity index is 1.73. The predicted molar refractivity (Wildman–Crippen MR) is 173 cm³/mol. The molecule has 2 aliphatic carbocycles. The molecule has 1 aliphatic heterocycles. The SMILES string of the molecule is CC(C)[Si](Oc1cc([N+](=O)[O-])c(C(=O)N2CC3(CC3)C[C@H]2CO[Si](C)(C)C(C)(C)C)cc1OC1CC1)(C(C)C)C(C)C.